The third-order valence-electron chi connectivity index (χ3n) is 8.69. The van der Waals surface area contributed by atoms with E-state index in [2.05, 4.69) is 40.4 Å². The van der Waals surface area contributed by atoms with Gasteiger partial charge in [0.25, 0.3) is 0 Å². The summed E-state index contributed by atoms with van der Waals surface area (Å²) in [6.45, 7) is 16.1. The molecule has 0 spiro atoms. The third-order valence-corrected chi connectivity index (χ3v) is 8.69. The number of carbonyl (C=O) groups is 6. The smallest absolute Gasteiger partial charge is 0.354 e. The minimum absolute atomic E-state index is 0.00570. The Morgan fingerprint density at radius 3 is 2.08 bits per heavy atom. The SMILES string of the molecule is C/C=C1\NC(=O)[C@@H](Cc2ccc(O)cc2)NC(=O)[C@@H](C(C)C)NC(=O)[C@H](CC(C)C)NC(=O)[C@@H](NC(=O)[C@@H](C)C[C@@H](C)CCC)[C@@H](C)OC1=O. The van der Waals surface area contributed by atoms with Crippen LogP contribution in [0.15, 0.2) is 36.0 Å². The molecule has 0 unspecified atom stereocenters. The normalized spacial score (nSPS) is 24.9. The molecular weight excluding hydrogens is 642 g/mol. The molecule has 5 amide bonds. The van der Waals surface area contributed by atoms with Crippen LogP contribution in [-0.2, 0) is 39.9 Å². The molecule has 1 aliphatic rings. The first-order valence-corrected chi connectivity index (χ1v) is 17.6. The number of phenolic OH excluding ortho intramolecular Hbond substituents is 1. The summed E-state index contributed by atoms with van der Waals surface area (Å²) >= 11 is 0. The number of nitrogens with one attached hydrogen (secondary N) is 5. The fourth-order valence-corrected chi connectivity index (χ4v) is 5.87. The lowest BCUT2D eigenvalue weighted by Gasteiger charge is -2.31. The van der Waals surface area contributed by atoms with Crippen molar-refractivity contribution in [1.29, 1.82) is 0 Å². The van der Waals surface area contributed by atoms with E-state index in [1.165, 1.54) is 32.1 Å². The van der Waals surface area contributed by atoms with Gasteiger partial charge in [-0.05, 0) is 62.1 Å². The van der Waals surface area contributed by atoms with Gasteiger partial charge in [0.2, 0.25) is 29.5 Å². The monoisotopic (exact) mass is 699 g/mol. The Labute approximate surface area is 296 Å². The number of ether oxygens (including phenoxy) is 1. The van der Waals surface area contributed by atoms with Crippen molar-refractivity contribution in [2.45, 2.75) is 125 Å². The van der Waals surface area contributed by atoms with E-state index in [1.807, 2.05) is 13.8 Å². The van der Waals surface area contributed by atoms with Gasteiger partial charge in [-0.1, -0.05) is 79.5 Å². The summed E-state index contributed by atoms with van der Waals surface area (Å²) in [4.78, 5) is 81.9. The van der Waals surface area contributed by atoms with Gasteiger partial charge in [-0.15, -0.1) is 0 Å². The topological polar surface area (TPSA) is 192 Å². The van der Waals surface area contributed by atoms with Gasteiger partial charge in [-0.25, -0.2) is 4.79 Å². The Kier molecular flexibility index (Phi) is 16.4. The number of rotatable bonds is 11. The first-order valence-electron chi connectivity index (χ1n) is 17.6. The van der Waals surface area contributed by atoms with E-state index in [9.17, 15) is 33.9 Å². The molecular formula is C37H57N5O8. The summed E-state index contributed by atoms with van der Waals surface area (Å²) in [6, 6.07) is 1.31. The van der Waals surface area contributed by atoms with Crippen molar-refractivity contribution in [2.24, 2.45) is 23.7 Å². The molecule has 6 N–H and O–H groups in total. The highest BCUT2D eigenvalue weighted by Crippen LogP contribution is 2.18. The maximum absolute atomic E-state index is 13.9. The second kappa shape index (κ2) is 19.7. The lowest BCUT2D eigenvalue weighted by molar-refractivity contribution is -0.150. The fraction of sp³-hybridized carbons (Fsp3) is 0.622. The minimum atomic E-state index is -1.38. The number of benzene rings is 1. The maximum Gasteiger partial charge on any atom is 0.354 e. The molecule has 0 radical (unpaired) electrons. The van der Waals surface area contributed by atoms with Gasteiger partial charge in [0.05, 0.1) is 0 Å². The Morgan fingerprint density at radius 2 is 1.52 bits per heavy atom. The minimum Gasteiger partial charge on any atom is -0.508 e. The van der Waals surface area contributed by atoms with E-state index in [1.54, 1.807) is 32.9 Å². The number of cyclic esters (lactones) is 1. The molecule has 0 saturated carbocycles. The van der Waals surface area contributed by atoms with E-state index < -0.39 is 77.6 Å². The van der Waals surface area contributed by atoms with Crippen molar-refractivity contribution in [2.75, 3.05) is 0 Å². The summed E-state index contributed by atoms with van der Waals surface area (Å²) in [7, 11) is 0. The van der Waals surface area contributed by atoms with Crippen molar-refractivity contribution < 1.29 is 38.6 Å². The number of allylic oxidation sites excluding steroid dienone is 1. The zero-order valence-corrected chi connectivity index (χ0v) is 30.9. The molecule has 0 aliphatic carbocycles. The highest BCUT2D eigenvalue weighted by atomic mass is 16.5. The third kappa shape index (κ3) is 12.8. The Morgan fingerprint density at radius 1 is 0.900 bits per heavy atom. The van der Waals surface area contributed by atoms with Crippen LogP contribution < -0.4 is 26.6 Å². The highest BCUT2D eigenvalue weighted by Gasteiger charge is 2.37. The average molecular weight is 700 g/mol. The molecule has 13 heteroatoms. The van der Waals surface area contributed by atoms with Crippen LogP contribution in [-0.4, -0.2) is 70.9 Å². The van der Waals surface area contributed by atoms with Crippen LogP contribution >= 0.6 is 0 Å². The molecule has 1 heterocycles. The zero-order chi connectivity index (χ0) is 37.7. The van der Waals surface area contributed by atoms with Crippen LogP contribution in [0.5, 0.6) is 5.75 Å². The van der Waals surface area contributed by atoms with E-state index in [0.29, 0.717) is 12.0 Å². The van der Waals surface area contributed by atoms with Crippen LogP contribution in [0.2, 0.25) is 0 Å². The first kappa shape index (κ1) is 41.7. The van der Waals surface area contributed by atoms with Crippen molar-refractivity contribution in [3.63, 3.8) is 0 Å². The molecule has 1 aliphatic heterocycles. The van der Waals surface area contributed by atoms with Crippen LogP contribution in [0.1, 0.15) is 93.6 Å². The van der Waals surface area contributed by atoms with Crippen LogP contribution in [0.3, 0.4) is 0 Å². The van der Waals surface area contributed by atoms with E-state index >= 15 is 0 Å². The number of hydrogen-bond acceptors (Lipinski definition) is 8. The quantitative estimate of drug-likeness (QED) is 0.150. The summed E-state index contributed by atoms with van der Waals surface area (Å²) in [6.07, 6.45) is 2.80. The average Bonchev–Trinajstić information content (AvgIpc) is 3.03. The second-order valence-corrected chi connectivity index (χ2v) is 14.2. The lowest BCUT2D eigenvalue weighted by Crippen LogP contribution is -2.61. The van der Waals surface area contributed by atoms with Crippen LogP contribution in [0.4, 0.5) is 0 Å². The predicted octanol–water partition coefficient (Wildman–Crippen LogP) is 3.00. The van der Waals surface area contributed by atoms with Gasteiger partial charge in [0.1, 0.15) is 41.7 Å². The van der Waals surface area contributed by atoms with Crippen molar-refractivity contribution in [3.05, 3.63) is 41.6 Å². The molecule has 0 aromatic heterocycles. The first-order chi connectivity index (χ1) is 23.5. The molecule has 13 nitrogen and oxygen atoms in total. The fourth-order valence-electron chi connectivity index (χ4n) is 5.87. The van der Waals surface area contributed by atoms with E-state index in [4.69, 9.17) is 4.74 Å². The summed E-state index contributed by atoms with van der Waals surface area (Å²) in [5.74, 6) is -4.78. The molecule has 7 atom stereocenters. The Balaban J connectivity index is 2.58. The van der Waals surface area contributed by atoms with E-state index in [0.717, 1.165) is 12.8 Å². The Bertz CT molecular complexity index is 1380. The molecule has 1 aromatic carbocycles. The number of esters is 1. The molecule has 2 rings (SSSR count). The second-order valence-electron chi connectivity index (χ2n) is 14.2. The Hall–Kier alpha value is -4.42. The van der Waals surface area contributed by atoms with Gasteiger partial charge in [0.15, 0.2) is 0 Å². The van der Waals surface area contributed by atoms with Gasteiger partial charge in [-0.3, -0.25) is 24.0 Å². The van der Waals surface area contributed by atoms with Gasteiger partial charge in [-0.2, -0.15) is 0 Å². The molecule has 1 saturated heterocycles. The van der Waals surface area contributed by atoms with Crippen molar-refractivity contribution in [3.8, 4) is 5.75 Å². The number of carbonyl (C=O) groups excluding carboxylic acids is 6. The summed E-state index contributed by atoms with van der Waals surface area (Å²) in [5, 5.41) is 23.2. The molecule has 278 valence electrons. The van der Waals surface area contributed by atoms with Crippen molar-refractivity contribution >= 4 is 35.5 Å². The summed E-state index contributed by atoms with van der Waals surface area (Å²) < 4.78 is 5.65. The van der Waals surface area contributed by atoms with Crippen molar-refractivity contribution in [1.82, 2.24) is 26.6 Å². The number of hydrogen-bond donors (Lipinski definition) is 6. The highest BCUT2D eigenvalue weighted by molar-refractivity contribution is 5.99. The largest absolute Gasteiger partial charge is 0.508 e. The standard InChI is InChI=1S/C37H57N5O8/c1-10-12-22(7)18-23(8)32(44)42-31-24(9)50-37(49)27(11-2)38-33(45)29(19-25-13-15-26(43)16-14-25)40-35(47)30(21(5)6)41-34(46)28(17-20(3)4)39-36(31)48/h11,13-16,20-24,28-31,43H,10,12,17-19H2,1-9H3,(H,38,45)(H,39,48)(H,40,47)(H,41,46)(H,42,44)/b27-11-/t22-,23-,24+,28-,29+,30+,31-/m0/s1. The van der Waals surface area contributed by atoms with Gasteiger partial charge < -0.3 is 36.4 Å². The molecule has 50 heavy (non-hydrogen) atoms. The molecule has 1 aromatic rings. The summed E-state index contributed by atoms with van der Waals surface area (Å²) in [5.41, 5.74) is 0.371. The molecule has 0 bridgehead atoms. The predicted molar refractivity (Wildman–Crippen MR) is 189 cm³/mol. The van der Waals surface area contributed by atoms with Gasteiger partial charge >= 0.3 is 5.97 Å². The molecule has 1 fully saturated rings. The lowest BCUT2D eigenvalue weighted by atomic mass is 9.93. The van der Waals surface area contributed by atoms with Crippen LogP contribution in [0, 0.1) is 23.7 Å². The van der Waals surface area contributed by atoms with E-state index in [-0.39, 0.29) is 36.1 Å². The zero-order valence-electron chi connectivity index (χ0n) is 30.9. The van der Waals surface area contributed by atoms with Gasteiger partial charge in [0, 0.05) is 12.3 Å². The number of phenols is 1. The maximum atomic E-state index is 13.9. The van der Waals surface area contributed by atoms with Crippen LogP contribution in [0.25, 0.3) is 0 Å². The number of amides is 5. The number of aromatic hydroxyl groups is 1.